The number of methoxy groups -OCH3 is 1. The van der Waals surface area contributed by atoms with Crippen LogP contribution >= 0.6 is 0 Å². The van der Waals surface area contributed by atoms with Crippen molar-refractivity contribution < 1.29 is 14.3 Å². The zero-order chi connectivity index (χ0) is 17.2. The molecule has 2 amide bonds. The fourth-order valence-corrected chi connectivity index (χ4v) is 2.35. The highest BCUT2D eigenvalue weighted by atomic mass is 16.5. The molecule has 0 aliphatic carbocycles. The van der Waals surface area contributed by atoms with Crippen molar-refractivity contribution >= 4 is 17.5 Å². The highest BCUT2D eigenvalue weighted by Crippen LogP contribution is 2.25. The van der Waals surface area contributed by atoms with Gasteiger partial charge in [-0.15, -0.1) is 0 Å². The zero-order valence-electron chi connectivity index (χ0n) is 14.6. The minimum Gasteiger partial charge on any atom is -0.495 e. The van der Waals surface area contributed by atoms with Crippen LogP contribution in [-0.4, -0.2) is 36.9 Å². The Kier molecular flexibility index (Phi) is 8.16. The Morgan fingerprint density at radius 3 is 2.57 bits per heavy atom. The molecule has 0 atom stereocenters. The summed E-state index contributed by atoms with van der Waals surface area (Å²) in [6.45, 7) is 6.79. The first-order valence-electron chi connectivity index (χ1n) is 8.18. The minimum atomic E-state index is -0.115. The summed E-state index contributed by atoms with van der Waals surface area (Å²) in [7, 11) is 1.57. The lowest BCUT2D eigenvalue weighted by Gasteiger charge is -2.20. The predicted octanol–water partition coefficient (Wildman–Crippen LogP) is 3.37. The average molecular weight is 320 g/mol. The zero-order valence-corrected chi connectivity index (χ0v) is 14.6. The summed E-state index contributed by atoms with van der Waals surface area (Å²) in [6.07, 6.45) is 3.46. The molecule has 0 spiro atoms. The van der Waals surface area contributed by atoms with Gasteiger partial charge in [-0.3, -0.25) is 9.59 Å². The molecule has 0 bridgehead atoms. The molecule has 0 aromatic heterocycles. The van der Waals surface area contributed by atoms with Crippen molar-refractivity contribution in [3.63, 3.8) is 0 Å². The number of amides is 2. The molecule has 0 aliphatic heterocycles. The monoisotopic (exact) mass is 320 g/mol. The van der Waals surface area contributed by atoms with E-state index in [1.165, 1.54) is 0 Å². The van der Waals surface area contributed by atoms with Crippen LogP contribution < -0.4 is 10.1 Å². The lowest BCUT2D eigenvalue weighted by atomic mass is 10.2. The maximum atomic E-state index is 12.1. The number of anilines is 1. The van der Waals surface area contributed by atoms with E-state index in [1.807, 2.05) is 25.1 Å². The van der Waals surface area contributed by atoms with Gasteiger partial charge < -0.3 is 15.0 Å². The molecule has 5 heteroatoms. The van der Waals surface area contributed by atoms with Crippen LogP contribution in [0.1, 0.15) is 45.1 Å². The van der Waals surface area contributed by atoms with E-state index in [-0.39, 0.29) is 18.2 Å². The topological polar surface area (TPSA) is 58.6 Å². The molecule has 1 aromatic rings. The van der Waals surface area contributed by atoms with Crippen molar-refractivity contribution in [3.8, 4) is 5.75 Å². The van der Waals surface area contributed by atoms with Gasteiger partial charge in [0.25, 0.3) is 0 Å². The van der Waals surface area contributed by atoms with Gasteiger partial charge in [-0.25, -0.2) is 0 Å². The number of benzene rings is 1. The van der Waals surface area contributed by atoms with Crippen molar-refractivity contribution in [2.75, 3.05) is 25.5 Å². The number of aryl methyl sites for hydroxylation is 1. The van der Waals surface area contributed by atoms with Gasteiger partial charge in [0, 0.05) is 26.4 Å². The lowest BCUT2D eigenvalue weighted by Crippen LogP contribution is -2.32. The standard InChI is InChI=1S/C18H28N2O3/c1-5-6-7-11-20(15(3)21)12-10-18(22)19-16-13-14(2)8-9-17(16)23-4/h8-9,13H,5-7,10-12H2,1-4H3,(H,19,22). The van der Waals surface area contributed by atoms with Gasteiger partial charge in [0.15, 0.2) is 0 Å². The van der Waals surface area contributed by atoms with Crippen LogP contribution in [0.5, 0.6) is 5.75 Å². The average Bonchev–Trinajstić information content (AvgIpc) is 2.50. The van der Waals surface area contributed by atoms with Gasteiger partial charge in [0.05, 0.1) is 12.8 Å². The fourth-order valence-electron chi connectivity index (χ4n) is 2.35. The highest BCUT2D eigenvalue weighted by Gasteiger charge is 2.12. The third-order valence-corrected chi connectivity index (χ3v) is 3.71. The third kappa shape index (κ3) is 6.72. The molecule has 0 fully saturated rings. The first-order valence-corrected chi connectivity index (χ1v) is 8.18. The second kappa shape index (κ2) is 9.87. The van der Waals surface area contributed by atoms with Crippen molar-refractivity contribution in [3.05, 3.63) is 23.8 Å². The molecule has 5 nitrogen and oxygen atoms in total. The summed E-state index contributed by atoms with van der Waals surface area (Å²) < 4.78 is 5.25. The molecule has 128 valence electrons. The van der Waals surface area contributed by atoms with Crippen molar-refractivity contribution in [1.82, 2.24) is 4.90 Å². The van der Waals surface area contributed by atoms with E-state index in [9.17, 15) is 9.59 Å². The largest absolute Gasteiger partial charge is 0.495 e. The summed E-state index contributed by atoms with van der Waals surface area (Å²) in [6, 6.07) is 5.64. The molecule has 0 heterocycles. The van der Waals surface area contributed by atoms with Crippen LogP contribution in [0.3, 0.4) is 0 Å². The van der Waals surface area contributed by atoms with E-state index in [0.29, 0.717) is 24.5 Å². The Morgan fingerprint density at radius 2 is 1.96 bits per heavy atom. The van der Waals surface area contributed by atoms with Crippen LogP contribution in [0.2, 0.25) is 0 Å². The summed E-state index contributed by atoms with van der Waals surface area (Å²) >= 11 is 0. The maximum absolute atomic E-state index is 12.1. The van der Waals surface area contributed by atoms with E-state index >= 15 is 0 Å². The number of carbonyl (C=O) groups excluding carboxylic acids is 2. The second-order valence-electron chi connectivity index (χ2n) is 5.72. The van der Waals surface area contributed by atoms with Crippen LogP contribution in [0.15, 0.2) is 18.2 Å². The molecule has 0 radical (unpaired) electrons. The molecular weight excluding hydrogens is 292 g/mol. The van der Waals surface area contributed by atoms with Gasteiger partial charge in [-0.2, -0.15) is 0 Å². The first-order chi connectivity index (χ1) is 11.0. The number of nitrogens with one attached hydrogen (secondary N) is 1. The van der Waals surface area contributed by atoms with Gasteiger partial charge in [0.1, 0.15) is 5.75 Å². The second-order valence-corrected chi connectivity index (χ2v) is 5.72. The minimum absolute atomic E-state index is 0.0158. The van der Waals surface area contributed by atoms with E-state index in [4.69, 9.17) is 4.74 Å². The molecular formula is C18H28N2O3. The Hall–Kier alpha value is -2.04. The summed E-state index contributed by atoms with van der Waals surface area (Å²) in [5.74, 6) is 0.535. The molecule has 0 saturated carbocycles. The van der Waals surface area contributed by atoms with Gasteiger partial charge in [-0.05, 0) is 31.0 Å². The fraction of sp³-hybridized carbons (Fsp3) is 0.556. The Bertz CT molecular complexity index is 529. The molecule has 23 heavy (non-hydrogen) atoms. The van der Waals surface area contributed by atoms with Gasteiger partial charge in [0.2, 0.25) is 11.8 Å². The number of hydrogen-bond acceptors (Lipinski definition) is 3. The summed E-state index contributed by atoms with van der Waals surface area (Å²) in [5, 5.41) is 2.86. The van der Waals surface area contributed by atoms with Gasteiger partial charge >= 0.3 is 0 Å². The first kappa shape index (κ1) is 19.0. The number of rotatable bonds is 9. The van der Waals surface area contributed by atoms with E-state index in [0.717, 1.165) is 24.8 Å². The Morgan fingerprint density at radius 1 is 1.22 bits per heavy atom. The predicted molar refractivity (Wildman–Crippen MR) is 92.8 cm³/mol. The number of hydrogen-bond donors (Lipinski definition) is 1. The Labute approximate surface area is 139 Å². The highest BCUT2D eigenvalue weighted by molar-refractivity contribution is 5.92. The summed E-state index contributed by atoms with van der Waals surface area (Å²) in [4.78, 5) is 25.5. The summed E-state index contributed by atoms with van der Waals surface area (Å²) in [5.41, 5.74) is 1.71. The number of ether oxygens (including phenoxy) is 1. The Balaban J connectivity index is 2.55. The van der Waals surface area contributed by atoms with E-state index in [2.05, 4.69) is 12.2 Å². The van der Waals surface area contributed by atoms with E-state index in [1.54, 1.807) is 18.9 Å². The van der Waals surface area contributed by atoms with Crippen LogP contribution in [0.25, 0.3) is 0 Å². The quantitative estimate of drug-likeness (QED) is 0.710. The molecule has 1 aromatic carbocycles. The third-order valence-electron chi connectivity index (χ3n) is 3.71. The molecule has 0 aliphatic rings. The number of nitrogens with zero attached hydrogens (tertiary/aromatic N) is 1. The lowest BCUT2D eigenvalue weighted by molar-refractivity contribution is -0.129. The van der Waals surface area contributed by atoms with Crippen molar-refractivity contribution in [2.24, 2.45) is 0 Å². The van der Waals surface area contributed by atoms with E-state index < -0.39 is 0 Å². The number of unbranched alkanes of at least 4 members (excludes halogenated alkanes) is 2. The van der Waals surface area contributed by atoms with Gasteiger partial charge in [-0.1, -0.05) is 25.8 Å². The smallest absolute Gasteiger partial charge is 0.226 e. The number of carbonyl (C=O) groups is 2. The molecule has 1 rings (SSSR count). The maximum Gasteiger partial charge on any atom is 0.226 e. The van der Waals surface area contributed by atoms with Crippen molar-refractivity contribution in [2.45, 2.75) is 46.5 Å². The van der Waals surface area contributed by atoms with Crippen molar-refractivity contribution in [1.29, 1.82) is 0 Å². The van der Waals surface area contributed by atoms with Crippen LogP contribution in [0.4, 0.5) is 5.69 Å². The SMILES string of the molecule is CCCCCN(CCC(=O)Nc1cc(C)ccc1OC)C(C)=O. The molecule has 0 saturated heterocycles. The van der Waals surface area contributed by atoms with Crippen LogP contribution in [0, 0.1) is 6.92 Å². The molecule has 1 N–H and O–H groups in total. The normalized spacial score (nSPS) is 10.3. The molecule has 0 unspecified atom stereocenters. The van der Waals surface area contributed by atoms with Crippen LogP contribution in [-0.2, 0) is 9.59 Å².